The summed E-state index contributed by atoms with van der Waals surface area (Å²) in [6, 6.07) is 0.419. The van der Waals surface area contributed by atoms with Gasteiger partial charge < -0.3 is 10.6 Å². The lowest BCUT2D eigenvalue weighted by Crippen LogP contribution is -2.37. The molecule has 3 unspecified atom stereocenters. The van der Waals surface area contributed by atoms with E-state index in [1.54, 1.807) is 0 Å². The van der Waals surface area contributed by atoms with Crippen LogP contribution >= 0.6 is 0 Å². The van der Waals surface area contributed by atoms with E-state index >= 15 is 0 Å². The third kappa shape index (κ3) is 3.82. The molecule has 15 heavy (non-hydrogen) atoms. The molecule has 1 fully saturated rings. The van der Waals surface area contributed by atoms with Gasteiger partial charge in [-0.05, 0) is 44.7 Å². The summed E-state index contributed by atoms with van der Waals surface area (Å²) in [4.78, 5) is 11.6. The molecule has 0 heterocycles. The lowest BCUT2D eigenvalue weighted by Gasteiger charge is -2.19. The first-order valence-corrected chi connectivity index (χ1v) is 6.09. The number of rotatable bonds is 5. The van der Waals surface area contributed by atoms with Crippen molar-refractivity contribution in [1.82, 2.24) is 10.6 Å². The average molecular weight is 212 g/mol. The van der Waals surface area contributed by atoms with Crippen LogP contribution in [0.3, 0.4) is 0 Å². The Hall–Kier alpha value is -0.570. The largest absolute Gasteiger partial charge is 0.353 e. The van der Waals surface area contributed by atoms with Crippen LogP contribution in [0.5, 0.6) is 0 Å². The molecule has 1 rings (SSSR count). The second-order valence-corrected chi connectivity index (χ2v) is 4.79. The lowest BCUT2D eigenvalue weighted by atomic mass is 9.98. The fourth-order valence-corrected chi connectivity index (χ4v) is 2.27. The zero-order valence-electron chi connectivity index (χ0n) is 10.2. The first kappa shape index (κ1) is 12.5. The highest BCUT2D eigenvalue weighted by Gasteiger charge is 2.30. The summed E-state index contributed by atoms with van der Waals surface area (Å²) >= 11 is 0. The van der Waals surface area contributed by atoms with E-state index < -0.39 is 0 Å². The van der Waals surface area contributed by atoms with Gasteiger partial charge in [0.25, 0.3) is 0 Å². The minimum absolute atomic E-state index is 0.219. The second-order valence-electron chi connectivity index (χ2n) is 4.79. The quantitative estimate of drug-likeness (QED) is 0.679. The monoisotopic (exact) mass is 212 g/mol. The minimum Gasteiger partial charge on any atom is -0.353 e. The molecule has 0 spiro atoms. The first-order valence-electron chi connectivity index (χ1n) is 6.09. The zero-order valence-corrected chi connectivity index (χ0v) is 10.2. The number of carbonyl (C=O) groups excluding carboxylic acids is 1. The van der Waals surface area contributed by atoms with E-state index in [-0.39, 0.29) is 5.91 Å². The first-order chi connectivity index (χ1) is 7.15. The molecule has 2 N–H and O–H groups in total. The number of nitrogens with one attached hydrogen (secondary N) is 2. The lowest BCUT2D eigenvalue weighted by molar-refractivity contribution is -0.122. The number of hydrogen-bond donors (Lipinski definition) is 2. The summed E-state index contributed by atoms with van der Waals surface area (Å²) in [6.45, 7) is 5.44. The summed E-state index contributed by atoms with van der Waals surface area (Å²) in [7, 11) is 1.92. The van der Waals surface area contributed by atoms with Gasteiger partial charge in [0, 0.05) is 12.5 Å². The molecule has 3 heteroatoms. The fraction of sp³-hybridized carbons (Fsp3) is 0.917. The molecule has 0 saturated heterocycles. The van der Waals surface area contributed by atoms with Crippen molar-refractivity contribution in [3.8, 4) is 0 Å². The Bertz CT molecular complexity index is 206. The van der Waals surface area contributed by atoms with E-state index in [1.165, 1.54) is 6.42 Å². The number of hydrogen-bond acceptors (Lipinski definition) is 2. The molecule has 0 aromatic heterocycles. The Balaban J connectivity index is 2.20. The Labute approximate surface area is 93.0 Å². The third-order valence-electron chi connectivity index (χ3n) is 3.64. The maximum atomic E-state index is 11.6. The van der Waals surface area contributed by atoms with E-state index in [9.17, 15) is 4.79 Å². The van der Waals surface area contributed by atoms with Gasteiger partial charge in [-0.15, -0.1) is 0 Å². The van der Waals surface area contributed by atoms with E-state index in [4.69, 9.17) is 0 Å². The average Bonchev–Trinajstić information content (AvgIpc) is 2.50. The predicted molar refractivity (Wildman–Crippen MR) is 62.7 cm³/mol. The van der Waals surface area contributed by atoms with E-state index in [2.05, 4.69) is 24.5 Å². The van der Waals surface area contributed by atoms with Crippen molar-refractivity contribution in [3.63, 3.8) is 0 Å². The third-order valence-corrected chi connectivity index (χ3v) is 3.64. The van der Waals surface area contributed by atoms with Gasteiger partial charge in [-0.25, -0.2) is 0 Å². The molecule has 0 bridgehead atoms. The number of carbonyl (C=O) groups is 1. The SMILES string of the molecule is CNCCCC(=O)NC1CCC(C)C1C. The van der Waals surface area contributed by atoms with Crippen LogP contribution in [-0.2, 0) is 4.79 Å². The Morgan fingerprint density at radius 2 is 2.07 bits per heavy atom. The summed E-state index contributed by atoms with van der Waals surface area (Å²) < 4.78 is 0. The van der Waals surface area contributed by atoms with Crippen molar-refractivity contribution >= 4 is 5.91 Å². The van der Waals surface area contributed by atoms with Gasteiger partial charge >= 0.3 is 0 Å². The highest BCUT2D eigenvalue weighted by atomic mass is 16.1. The van der Waals surface area contributed by atoms with Crippen LogP contribution in [0, 0.1) is 11.8 Å². The maximum absolute atomic E-state index is 11.6. The molecule has 0 aromatic rings. The highest BCUT2D eigenvalue weighted by Crippen LogP contribution is 2.30. The number of amides is 1. The van der Waals surface area contributed by atoms with Crippen LogP contribution in [0.2, 0.25) is 0 Å². The molecular formula is C12H24N2O. The summed E-state index contributed by atoms with van der Waals surface area (Å²) in [5.74, 6) is 1.61. The molecule has 3 nitrogen and oxygen atoms in total. The van der Waals surface area contributed by atoms with Gasteiger partial charge in [-0.1, -0.05) is 13.8 Å². The molecule has 0 radical (unpaired) electrons. The zero-order chi connectivity index (χ0) is 11.3. The Morgan fingerprint density at radius 3 is 2.60 bits per heavy atom. The second kappa shape index (κ2) is 6.11. The molecular weight excluding hydrogens is 188 g/mol. The van der Waals surface area contributed by atoms with Gasteiger partial charge in [-0.3, -0.25) is 4.79 Å². The predicted octanol–water partition coefficient (Wildman–Crippen LogP) is 1.54. The molecule has 1 aliphatic rings. The van der Waals surface area contributed by atoms with Gasteiger partial charge in [0.05, 0.1) is 0 Å². The van der Waals surface area contributed by atoms with Gasteiger partial charge in [0.1, 0.15) is 0 Å². The Morgan fingerprint density at radius 1 is 1.33 bits per heavy atom. The van der Waals surface area contributed by atoms with Gasteiger partial charge in [0.15, 0.2) is 0 Å². The van der Waals surface area contributed by atoms with E-state index in [0.29, 0.717) is 18.4 Å². The minimum atomic E-state index is 0.219. The van der Waals surface area contributed by atoms with Crippen LogP contribution in [-0.4, -0.2) is 25.5 Å². The maximum Gasteiger partial charge on any atom is 0.220 e. The topological polar surface area (TPSA) is 41.1 Å². The van der Waals surface area contributed by atoms with Crippen molar-refractivity contribution in [2.75, 3.05) is 13.6 Å². The molecule has 88 valence electrons. The molecule has 3 atom stereocenters. The summed E-state index contributed by atoms with van der Waals surface area (Å²) in [6.07, 6.45) is 3.99. The van der Waals surface area contributed by atoms with Gasteiger partial charge in [0.2, 0.25) is 5.91 Å². The standard InChI is InChI=1S/C12H24N2O/c1-9-6-7-11(10(9)2)14-12(15)5-4-8-13-3/h9-11,13H,4-8H2,1-3H3,(H,14,15). The Kier molecular flexibility index (Phi) is 5.09. The van der Waals surface area contributed by atoms with E-state index in [1.807, 2.05) is 7.05 Å². The molecule has 1 aliphatic carbocycles. The smallest absolute Gasteiger partial charge is 0.220 e. The van der Waals surface area contributed by atoms with E-state index in [0.717, 1.165) is 25.3 Å². The van der Waals surface area contributed by atoms with Crippen LogP contribution in [0.25, 0.3) is 0 Å². The molecule has 0 aromatic carbocycles. The van der Waals surface area contributed by atoms with Gasteiger partial charge in [-0.2, -0.15) is 0 Å². The fourth-order valence-electron chi connectivity index (χ4n) is 2.27. The van der Waals surface area contributed by atoms with Crippen molar-refractivity contribution in [2.45, 2.75) is 45.6 Å². The molecule has 0 aliphatic heterocycles. The van der Waals surface area contributed by atoms with Crippen LogP contribution in [0.4, 0.5) is 0 Å². The van der Waals surface area contributed by atoms with Crippen molar-refractivity contribution in [2.24, 2.45) is 11.8 Å². The highest BCUT2D eigenvalue weighted by molar-refractivity contribution is 5.76. The summed E-state index contributed by atoms with van der Waals surface area (Å²) in [5, 5.41) is 6.20. The van der Waals surface area contributed by atoms with Crippen LogP contribution in [0.15, 0.2) is 0 Å². The summed E-state index contributed by atoms with van der Waals surface area (Å²) in [5.41, 5.74) is 0. The van der Waals surface area contributed by atoms with Crippen LogP contribution in [0.1, 0.15) is 39.5 Å². The normalized spacial score (nSPS) is 30.5. The van der Waals surface area contributed by atoms with Crippen LogP contribution < -0.4 is 10.6 Å². The van der Waals surface area contributed by atoms with Crippen molar-refractivity contribution in [3.05, 3.63) is 0 Å². The molecule has 1 amide bonds. The van der Waals surface area contributed by atoms with Crippen molar-refractivity contribution < 1.29 is 4.79 Å². The van der Waals surface area contributed by atoms with Crippen molar-refractivity contribution in [1.29, 1.82) is 0 Å². The molecule has 1 saturated carbocycles.